The highest BCUT2D eigenvalue weighted by Gasteiger charge is 2.22. The van der Waals surface area contributed by atoms with E-state index in [1.54, 1.807) is 6.33 Å². The zero-order valence-electron chi connectivity index (χ0n) is 6.75. The van der Waals surface area contributed by atoms with Gasteiger partial charge in [-0.05, 0) is 37.7 Å². The van der Waals surface area contributed by atoms with E-state index in [0.29, 0.717) is 0 Å². The smallest absolute Gasteiger partial charge is 0.115 e. The third-order valence-corrected chi connectivity index (χ3v) is 2.22. The van der Waals surface area contributed by atoms with Gasteiger partial charge in [-0.15, -0.1) is 0 Å². The maximum atomic E-state index is 4.15. The highest BCUT2D eigenvalue weighted by atomic mass is 14.8. The summed E-state index contributed by atoms with van der Waals surface area (Å²) in [6.45, 7) is 2.05. The second-order valence-corrected chi connectivity index (χ2v) is 3.28. The van der Waals surface area contributed by atoms with Crippen molar-refractivity contribution in [2.45, 2.75) is 26.2 Å². The number of hydrogen-bond donors (Lipinski definition) is 0. The Labute approximate surface area is 66.7 Å². The molecule has 1 aliphatic rings. The number of rotatable bonds is 2. The first-order chi connectivity index (χ1) is 5.36. The largest absolute Gasteiger partial charge is 0.245 e. The number of aryl methyl sites for hydroxylation is 1. The fourth-order valence-corrected chi connectivity index (χ4v) is 1.25. The lowest BCUT2D eigenvalue weighted by Gasteiger charge is -2.00. The van der Waals surface area contributed by atoms with Crippen molar-refractivity contribution in [3.63, 3.8) is 0 Å². The highest BCUT2D eigenvalue weighted by Crippen LogP contribution is 2.32. The summed E-state index contributed by atoms with van der Waals surface area (Å²) in [4.78, 5) is 8.16. The van der Waals surface area contributed by atoms with E-state index in [-0.39, 0.29) is 0 Å². The van der Waals surface area contributed by atoms with Crippen LogP contribution in [-0.4, -0.2) is 9.97 Å². The predicted molar refractivity (Wildman–Crippen MR) is 43.2 cm³/mol. The van der Waals surface area contributed by atoms with Crippen LogP contribution in [0, 0.1) is 12.8 Å². The van der Waals surface area contributed by atoms with Crippen LogP contribution in [0.2, 0.25) is 0 Å². The van der Waals surface area contributed by atoms with Crippen LogP contribution in [0.1, 0.15) is 24.1 Å². The average molecular weight is 148 g/mol. The van der Waals surface area contributed by atoms with Crippen LogP contribution in [0.25, 0.3) is 0 Å². The van der Waals surface area contributed by atoms with Crippen LogP contribution < -0.4 is 0 Å². The van der Waals surface area contributed by atoms with Gasteiger partial charge >= 0.3 is 0 Å². The van der Waals surface area contributed by atoms with Crippen molar-refractivity contribution in [1.29, 1.82) is 0 Å². The van der Waals surface area contributed by atoms with E-state index in [0.717, 1.165) is 11.6 Å². The van der Waals surface area contributed by atoms with E-state index < -0.39 is 0 Å². The Morgan fingerprint density at radius 3 is 3.00 bits per heavy atom. The molecule has 1 aliphatic carbocycles. The fourth-order valence-electron chi connectivity index (χ4n) is 1.25. The van der Waals surface area contributed by atoms with Crippen LogP contribution in [-0.2, 0) is 6.42 Å². The average Bonchev–Trinajstić information content (AvgIpc) is 2.78. The second-order valence-electron chi connectivity index (χ2n) is 3.28. The zero-order chi connectivity index (χ0) is 7.68. The lowest BCUT2D eigenvalue weighted by Crippen LogP contribution is -1.94. The van der Waals surface area contributed by atoms with Gasteiger partial charge in [0.1, 0.15) is 6.33 Å². The minimum atomic E-state index is 0.930. The molecule has 0 saturated heterocycles. The van der Waals surface area contributed by atoms with Gasteiger partial charge in [-0.25, -0.2) is 9.97 Å². The summed E-state index contributed by atoms with van der Waals surface area (Å²) in [5, 5.41) is 0. The second kappa shape index (κ2) is 2.61. The van der Waals surface area contributed by atoms with E-state index in [9.17, 15) is 0 Å². The van der Waals surface area contributed by atoms with Gasteiger partial charge < -0.3 is 0 Å². The summed E-state index contributed by atoms with van der Waals surface area (Å²) < 4.78 is 0. The molecule has 2 nitrogen and oxygen atoms in total. The molecule has 1 heterocycles. The van der Waals surface area contributed by atoms with Gasteiger partial charge in [-0.2, -0.15) is 0 Å². The summed E-state index contributed by atoms with van der Waals surface area (Å²) in [5.41, 5.74) is 2.47. The predicted octanol–water partition coefficient (Wildman–Crippen LogP) is 1.74. The first kappa shape index (κ1) is 6.77. The standard InChI is InChI=1S/C9H12N2/c1-7-9(4-8-2-3-8)5-10-6-11-7/h5-6,8H,2-4H2,1H3. The summed E-state index contributed by atoms with van der Waals surface area (Å²) in [7, 11) is 0. The van der Waals surface area contributed by atoms with Crippen LogP contribution in [0.15, 0.2) is 12.5 Å². The van der Waals surface area contributed by atoms with E-state index >= 15 is 0 Å². The summed E-state index contributed by atoms with van der Waals surface area (Å²) in [5.74, 6) is 0.930. The Kier molecular flexibility index (Phi) is 1.60. The third kappa shape index (κ3) is 1.56. The molecule has 58 valence electrons. The first-order valence-electron chi connectivity index (χ1n) is 4.12. The van der Waals surface area contributed by atoms with Crippen molar-refractivity contribution in [2.24, 2.45) is 5.92 Å². The molecule has 1 aromatic heterocycles. The minimum Gasteiger partial charge on any atom is -0.245 e. The quantitative estimate of drug-likeness (QED) is 0.638. The van der Waals surface area contributed by atoms with Crippen molar-refractivity contribution in [3.8, 4) is 0 Å². The van der Waals surface area contributed by atoms with Crippen molar-refractivity contribution >= 4 is 0 Å². The fraction of sp³-hybridized carbons (Fsp3) is 0.556. The van der Waals surface area contributed by atoms with Crippen molar-refractivity contribution in [2.75, 3.05) is 0 Å². The van der Waals surface area contributed by atoms with Gasteiger partial charge in [0.05, 0.1) is 0 Å². The van der Waals surface area contributed by atoms with Gasteiger partial charge in [-0.3, -0.25) is 0 Å². The Morgan fingerprint density at radius 2 is 2.36 bits per heavy atom. The number of aromatic nitrogens is 2. The molecule has 1 aromatic rings. The summed E-state index contributed by atoms with van der Waals surface area (Å²) in [6, 6.07) is 0. The van der Waals surface area contributed by atoms with E-state index in [1.165, 1.54) is 24.8 Å². The molecule has 0 amide bonds. The molecule has 2 heteroatoms. The van der Waals surface area contributed by atoms with Crippen molar-refractivity contribution in [1.82, 2.24) is 9.97 Å². The Morgan fingerprint density at radius 1 is 1.55 bits per heavy atom. The molecule has 11 heavy (non-hydrogen) atoms. The molecular formula is C9H12N2. The molecule has 1 fully saturated rings. The Bertz CT molecular complexity index is 253. The number of nitrogens with zero attached hydrogens (tertiary/aromatic N) is 2. The molecule has 0 spiro atoms. The minimum absolute atomic E-state index is 0.930. The molecule has 0 atom stereocenters. The van der Waals surface area contributed by atoms with Crippen LogP contribution in [0.5, 0.6) is 0 Å². The maximum absolute atomic E-state index is 4.15. The molecule has 0 aliphatic heterocycles. The molecule has 1 saturated carbocycles. The molecule has 0 bridgehead atoms. The van der Waals surface area contributed by atoms with Gasteiger partial charge in [-0.1, -0.05) is 0 Å². The molecular weight excluding hydrogens is 136 g/mol. The number of hydrogen-bond acceptors (Lipinski definition) is 2. The molecule has 2 rings (SSSR count). The van der Waals surface area contributed by atoms with Gasteiger partial charge in [0.25, 0.3) is 0 Å². The molecule has 0 aromatic carbocycles. The first-order valence-corrected chi connectivity index (χ1v) is 4.12. The van der Waals surface area contributed by atoms with Crippen LogP contribution >= 0.6 is 0 Å². The van der Waals surface area contributed by atoms with Crippen LogP contribution in [0.4, 0.5) is 0 Å². The van der Waals surface area contributed by atoms with Crippen molar-refractivity contribution in [3.05, 3.63) is 23.8 Å². The van der Waals surface area contributed by atoms with Gasteiger partial charge in [0.2, 0.25) is 0 Å². The van der Waals surface area contributed by atoms with E-state index in [2.05, 4.69) is 16.9 Å². The lowest BCUT2D eigenvalue weighted by atomic mass is 10.1. The third-order valence-electron chi connectivity index (χ3n) is 2.22. The van der Waals surface area contributed by atoms with Gasteiger partial charge in [0, 0.05) is 11.9 Å². The Balaban J connectivity index is 2.15. The van der Waals surface area contributed by atoms with E-state index in [1.807, 2.05) is 6.20 Å². The molecule has 0 unspecified atom stereocenters. The molecule has 0 radical (unpaired) electrons. The summed E-state index contributed by atoms with van der Waals surface area (Å²) >= 11 is 0. The monoisotopic (exact) mass is 148 g/mol. The van der Waals surface area contributed by atoms with Gasteiger partial charge in [0.15, 0.2) is 0 Å². The summed E-state index contributed by atoms with van der Waals surface area (Å²) in [6.07, 6.45) is 7.54. The SMILES string of the molecule is Cc1ncncc1CC1CC1. The zero-order valence-corrected chi connectivity index (χ0v) is 6.75. The van der Waals surface area contributed by atoms with E-state index in [4.69, 9.17) is 0 Å². The van der Waals surface area contributed by atoms with Crippen LogP contribution in [0.3, 0.4) is 0 Å². The highest BCUT2D eigenvalue weighted by molar-refractivity contribution is 5.15. The molecule has 0 N–H and O–H groups in total. The topological polar surface area (TPSA) is 25.8 Å². The Hall–Kier alpha value is -0.920. The maximum Gasteiger partial charge on any atom is 0.115 e. The normalized spacial score (nSPS) is 16.8. The lowest BCUT2D eigenvalue weighted by molar-refractivity contribution is 0.809. The van der Waals surface area contributed by atoms with Crippen molar-refractivity contribution < 1.29 is 0 Å².